The van der Waals surface area contributed by atoms with Gasteiger partial charge in [-0.2, -0.15) is 0 Å². The highest BCUT2D eigenvalue weighted by atomic mass is 16.5. The number of aromatic amines is 1. The molecule has 0 saturated carbocycles. The van der Waals surface area contributed by atoms with E-state index >= 15 is 0 Å². The second-order valence-electron chi connectivity index (χ2n) is 3.19. The number of H-pyrrole nitrogens is 1. The first-order chi connectivity index (χ1) is 7.16. The number of nitrogens with zero attached hydrogens (tertiary/aromatic N) is 1. The van der Waals surface area contributed by atoms with Crippen molar-refractivity contribution in [2.75, 3.05) is 6.61 Å². The van der Waals surface area contributed by atoms with Crippen LogP contribution in [0.2, 0.25) is 0 Å². The maximum atomic E-state index is 11.4. The predicted molar refractivity (Wildman–Crippen MR) is 51.5 cm³/mol. The Hall–Kier alpha value is -1.66. The molecular formula is C9H10N2O4. The molecule has 6 heteroatoms. The Bertz CT molecular complexity index is 487. The Morgan fingerprint density at radius 1 is 1.47 bits per heavy atom. The Balaban J connectivity index is 2.35. The van der Waals surface area contributed by atoms with E-state index in [0.717, 1.165) is 0 Å². The van der Waals surface area contributed by atoms with Crippen LogP contribution in [0, 0.1) is 0 Å². The number of aliphatic hydroxyl groups excluding tert-OH is 1. The molecule has 0 aromatic carbocycles. The maximum Gasteiger partial charge on any atom is 0.330 e. The van der Waals surface area contributed by atoms with Gasteiger partial charge in [0.05, 0.1) is 12.7 Å². The van der Waals surface area contributed by atoms with Crippen LogP contribution < -0.4 is 11.2 Å². The fourth-order valence-electron chi connectivity index (χ4n) is 1.33. The summed E-state index contributed by atoms with van der Waals surface area (Å²) in [5.74, 6) is 0. The molecule has 80 valence electrons. The SMILES string of the molecule is O=c1ccn([C@@H]2C=C[C@H](O)CO2)c(=O)[nH]1. The van der Waals surface area contributed by atoms with Crippen LogP contribution in [0.5, 0.6) is 0 Å². The van der Waals surface area contributed by atoms with Crippen molar-refractivity contribution in [3.8, 4) is 0 Å². The number of aromatic nitrogens is 2. The van der Waals surface area contributed by atoms with Crippen LogP contribution in [-0.4, -0.2) is 27.4 Å². The minimum absolute atomic E-state index is 0.132. The largest absolute Gasteiger partial charge is 0.387 e. The summed E-state index contributed by atoms with van der Waals surface area (Å²) in [6.07, 6.45) is 3.26. The smallest absolute Gasteiger partial charge is 0.330 e. The molecule has 2 N–H and O–H groups in total. The van der Waals surface area contributed by atoms with Gasteiger partial charge < -0.3 is 9.84 Å². The van der Waals surface area contributed by atoms with E-state index in [9.17, 15) is 9.59 Å². The van der Waals surface area contributed by atoms with Crippen LogP contribution in [0.15, 0.2) is 34.0 Å². The zero-order valence-corrected chi connectivity index (χ0v) is 7.79. The van der Waals surface area contributed by atoms with E-state index < -0.39 is 23.6 Å². The van der Waals surface area contributed by atoms with Crippen molar-refractivity contribution in [2.45, 2.75) is 12.3 Å². The third-order valence-corrected chi connectivity index (χ3v) is 2.06. The van der Waals surface area contributed by atoms with Gasteiger partial charge in [0.2, 0.25) is 0 Å². The van der Waals surface area contributed by atoms with Gasteiger partial charge in [-0.25, -0.2) is 4.79 Å². The first kappa shape index (κ1) is 9.88. The van der Waals surface area contributed by atoms with Gasteiger partial charge in [0.25, 0.3) is 5.56 Å². The number of hydrogen-bond acceptors (Lipinski definition) is 4. The molecule has 2 atom stereocenters. The van der Waals surface area contributed by atoms with E-state index in [1.54, 1.807) is 12.2 Å². The lowest BCUT2D eigenvalue weighted by Crippen LogP contribution is -2.34. The van der Waals surface area contributed by atoms with Crippen molar-refractivity contribution in [3.63, 3.8) is 0 Å². The van der Waals surface area contributed by atoms with Gasteiger partial charge >= 0.3 is 5.69 Å². The van der Waals surface area contributed by atoms with E-state index in [1.165, 1.54) is 16.8 Å². The molecule has 2 heterocycles. The molecule has 0 radical (unpaired) electrons. The van der Waals surface area contributed by atoms with Gasteiger partial charge in [0.1, 0.15) is 0 Å². The lowest BCUT2D eigenvalue weighted by atomic mass is 10.3. The highest BCUT2D eigenvalue weighted by Crippen LogP contribution is 2.13. The first-order valence-electron chi connectivity index (χ1n) is 4.46. The molecule has 0 unspecified atom stereocenters. The summed E-state index contributed by atoms with van der Waals surface area (Å²) in [6.45, 7) is 0.132. The number of aliphatic hydroxyl groups is 1. The molecule has 0 amide bonds. The van der Waals surface area contributed by atoms with E-state index in [0.29, 0.717) is 0 Å². The minimum atomic E-state index is -0.639. The third kappa shape index (κ3) is 2.05. The number of ether oxygens (including phenoxy) is 1. The van der Waals surface area contributed by atoms with Crippen molar-refractivity contribution in [1.82, 2.24) is 9.55 Å². The molecule has 1 aliphatic rings. The van der Waals surface area contributed by atoms with Gasteiger partial charge in [-0.1, -0.05) is 6.08 Å². The number of nitrogens with one attached hydrogen (secondary N) is 1. The van der Waals surface area contributed by atoms with Crippen molar-refractivity contribution in [3.05, 3.63) is 45.3 Å². The number of rotatable bonds is 1. The summed E-state index contributed by atoms with van der Waals surface area (Å²) in [7, 11) is 0. The second kappa shape index (κ2) is 3.84. The zero-order chi connectivity index (χ0) is 10.8. The molecule has 2 rings (SSSR count). The highest BCUT2D eigenvalue weighted by molar-refractivity contribution is 4.98. The quantitative estimate of drug-likeness (QED) is 0.581. The van der Waals surface area contributed by atoms with Crippen molar-refractivity contribution in [1.29, 1.82) is 0 Å². The van der Waals surface area contributed by atoms with Crippen LogP contribution in [0.25, 0.3) is 0 Å². The summed E-state index contributed by atoms with van der Waals surface area (Å²) >= 11 is 0. The summed E-state index contributed by atoms with van der Waals surface area (Å²) < 4.78 is 6.44. The van der Waals surface area contributed by atoms with Crippen molar-refractivity contribution in [2.24, 2.45) is 0 Å². The van der Waals surface area contributed by atoms with Crippen molar-refractivity contribution >= 4 is 0 Å². The van der Waals surface area contributed by atoms with E-state index in [2.05, 4.69) is 4.98 Å². The fraction of sp³-hybridized carbons (Fsp3) is 0.333. The fourth-order valence-corrected chi connectivity index (χ4v) is 1.33. The Kier molecular flexibility index (Phi) is 2.53. The zero-order valence-electron chi connectivity index (χ0n) is 7.79. The van der Waals surface area contributed by atoms with Crippen LogP contribution in [0.1, 0.15) is 6.23 Å². The molecule has 1 aliphatic heterocycles. The second-order valence-corrected chi connectivity index (χ2v) is 3.19. The molecule has 6 nitrogen and oxygen atoms in total. The standard InChI is InChI=1S/C9H10N2O4/c12-6-1-2-8(15-5-6)11-4-3-7(13)10-9(11)14/h1-4,6,8,12H,5H2,(H,10,13,14)/t6-,8-/m0/s1. The normalized spacial score (nSPS) is 25.4. The van der Waals surface area contributed by atoms with Crippen LogP contribution in [0.3, 0.4) is 0 Å². The lowest BCUT2D eigenvalue weighted by Gasteiger charge is -2.21. The number of hydrogen-bond donors (Lipinski definition) is 2. The average Bonchev–Trinajstić information content (AvgIpc) is 2.20. The molecule has 0 aliphatic carbocycles. The predicted octanol–water partition coefficient (Wildman–Crippen LogP) is -1.02. The molecule has 0 spiro atoms. The summed E-state index contributed by atoms with van der Waals surface area (Å²) in [6, 6.07) is 1.24. The monoisotopic (exact) mass is 210 g/mol. The Morgan fingerprint density at radius 3 is 2.87 bits per heavy atom. The van der Waals surface area contributed by atoms with Crippen LogP contribution in [0.4, 0.5) is 0 Å². The van der Waals surface area contributed by atoms with Gasteiger partial charge in [-0.05, 0) is 6.08 Å². The van der Waals surface area contributed by atoms with E-state index in [-0.39, 0.29) is 6.61 Å². The first-order valence-corrected chi connectivity index (χ1v) is 4.46. The molecule has 0 bridgehead atoms. The van der Waals surface area contributed by atoms with E-state index in [4.69, 9.17) is 9.84 Å². The Labute approximate surface area is 84.4 Å². The third-order valence-electron chi connectivity index (χ3n) is 2.06. The van der Waals surface area contributed by atoms with Crippen LogP contribution in [-0.2, 0) is 4.74 Å². The molecule has 15 heavy (non-hydrogen) atoms. The summed E-state index contributed by atoms with van der Waals surface area (Å²) in [5, 5.41) is 9.13. The van der Waals surface area contributed by atoms with Gasteiger partial charge in [0.15, 0.2) is 6.23 Å². The average molecular weight is 210 g/mol. The Morgan fingerprint density at radius 2 is 2.27 bits per heavy atom. The van der Waals surface area contributed by atoms with E-state index in [1.807, 2.05) is 0 Å². The highest BCUT2D eigenvalue weighted by Gasteiger charge is 2.16. The van der Waals surface area contributed by atoms with Gasteiger partial charge in [-0.3, -0.25) is 14.3 Å². The topological polar surface area (TPSA) is 84.3 Å². The summed E-state index contributed by atoms with van der Waals surface area (Å²) in [5.41, 5.74) is -0.982. The molecule has 0 saturated heterocycles. The lowest BCUT2D eigenvalue weighted by molar-refractivity contribution is -0.0203. The van der Waals surface area contributed by atoms with Crippen molar-refractivity contribution < 1.29 is 9.84 Å². The molecular weight excluding hydrogens is 200 g/mol. The van der Waals surface area contributed by atoms with Crippen LogP contribution >= 0.6 is 0 Å². The molecule has 1 aromatic rings. The molecule has 0 fully saturated rings. The van der Waals surface area contributed by atoms with Gasteiger partial charge in [0, 0.05) is 12.3 Å². The molecule has 1 aromatic heterocycles. The summed E-state index contributed by atoms with van der Waals surface area (Å²) in [4.78, 5) is 24.3. The maximum absolute atomic E-state index is 11.4. The van der Waals surface area contributed by atoms with Gasteiger partial charge in [-0.15, -0.1) is 0 Å². The minimum Gasteiger partial charge on any atom is -0.387 e.